The van der Waals surface area contributed by atoms with Gasteiger partial charge in [-0.2, -0.15) is 23.1 Å². The van der Waals surface area contributed by atoms with Crippen molar-refractivity contribution in [2.75, 3.05) is 56.8 Å². The molecule has 5 aromatic rings. The number of hydrogen-bond acceptors (Lipinski definition) is 11. The summed E-state index contributed by atoms with van der Waals surface area (Å²) in [5.74, 6) is 0.240. The number of amides is 1. The predicted octanol–water partition coefficient (Wildman–Crippen LogP) is 10.9. The van der Waals surface area contributed by atoms with Gasteiger partial charge in [0.15, 0.2) is 5.82 Å². The standard InChI is InChI=1S/C49H52Cl2F5N7O5/c1-47(2,3)68-46(64)63-31-11-12-32(63)26-61(25-31)44-35-19-36(50)39(41(53)42(35)58-45(59-44)67-27-48-17-6-18-62(48)24-30(52)21-48)43-40(49(54,55)56)37(51)20-38(57-43)60(22-28-7-13-33(65-4)14-8-28)23-29-9-15-34(66-5)16-10-29/h7-10,13-16,19-20,30-32H,6,11-12,17-18,21-27H2,1-5H3/t30-,31?,32?,48+/m1/s1. The number of ether oxygens (including phenoxy) is 4. The zero-order valence-electron chi connectivity index (χ0n) is 38.3. The molecule has 2 unspecified atom stereocenters. The molecular formula is C49H52Cl2F5N7O5. The number of pyridine rings is 1. The zero-order chi connectivity index (χ0) is 48.3. The Kier molecular flexibility index (Phi) is 13.0. The third-order valence-electron chi connectivity index (χ3n) is 13.3. The van der Waals surface area contributed by atoms with E-state index in [0.717, 1.165) is 23.6 Å². The normalized spacial score (nSPS) is 21.6. The van der Waals surface area contributed by atoms with E-state index >= 15 is 17.6 Å². The SMILES string of the molecule is COc1ccc(CN(Cc2ccc(OC)cc2)c2cc(Cl)c(C(F)(F)F)c(-c3c(Cl)cc4c(N5CC6CCC(C5)N6C(=O)OC(C)(C)C)nc(OC[C@@]56CCCN5C[C@H](F)C6)nc4c3F)n2)cc1. The van der Waals surface area contributed by atoms with Gasteiger partial charge in [-0.15, -0.1) is 0 Å². The summed E-state index contributed by atoms with van der Waals surface area (Å²) in [7, 11) is 3.08. The number of nitrogens with zero attached hydrogens (tertiary/aromatic N) is 7. The summed E-state index contributed by atoms with van der Waals surface area (Å²) in [6, 6.07) is 16.0. The molecule has 4 saturated heterocycles. The fraction of sp³-hybridized carbons (Fsp3) is 0.469. The van der Waals surface area contributed by atoms with E-state index in [0.29, 0.717) is 37.3 Å². The molecule has 68 heavy (non-hydrogen) atoms. The average molecular weight is 985 g/mol. The van der Waals surface area contributed by atoms with Crippen LogP contribution in [-0.4, -0.2) is 107 Å². The average Bonchev–Trinajstić information content (AvgIpc) is 3.91. The van der Waals surface area contributed by atoms with Crippen molar-refractivity contribution in [1.82, 2.24) is 24.8 Å². The van der Waals surface area contributed by atoms with Gasteiger partial charge in [0, 0.05) is 44.5 Å². The fourth-order valence-corrected chi connectivity index (χ4v) is 10.8. The lowest BCUT2D eigenvalue weighted by Crippen LogP contribution is -2.57. The monoisotopic (exact) mass is 983 g/mol. The largest absolute Gasteiger partial charge is 0.497 e. The van der Waals surface area contributed by atoms with Gasteiger partial charge in [0.2, 0.25) is 0 Å². The first-order valence-electron chi connectivity index (χ1n) is 22.6. The molecule has 2 bridgehead atoms. The molecule has 6 heterocycles. The second-order valence-corrected chi connectivity index (χ2v) is 19.9. The third kappa shape index (κ3) is 9.49. The van der Waals surface area contributed by atoms with E-state index in [-0.39, 0.29) is 86.4 Å². The first-order valence-corrected chi connectivity index (χ1v) is 23.4. The minimum absolute atomic E-state index is 0.00770. The van der Waals surface area contributed by atoms with Crippen molar-refractivity contribution in [1.29, 1.82) is 0 Å². The zero-order valence-corrected chi connectivity index (χ0v) is 39.8. The molecule has 19 heteroatoms. The van der Waals surface area contributed by atoms with Crippen molar-refractivity contribution < 1.29 is 45.7 Å². The maximum Gasteiger partial charge on any atom is 0.419 e. The van der Waals surface area contributed by atoms with Crippen LogP contribution in [0.3, 0.4) is 0 Å². The number of anilines is 2. The van der Waals surface area contributed by atoms with Crippen LogP contribution < -0.4 is 24.0 Å². The fourth-order valence-electron chi connectivity index (χ4n) is 10.3. The Morgan fingerprint density at radius 3 is 2.06 bits per heavy atom. The maximum absolute atomic E-state index is 17.8. The number of methoxy groups -OCH3 is 2. The highest BCUT2D eigenvalue weighted by atomic mass is 35.5. The van der Waals surface area contributed by atoms with Crippen LogP contribution in [0.15, 0.2) is 60.7 Å². The van der Waals surface area contributed by atoms with Crippen molar-refractivity contribution in [3.8, 4) is 28.8 Å². The first-order chi connectivity index (χ1) is 32.3. The van der Waals surface area contributed by atoms with Gasteiger partial charge in [-0.1, -0.05) is 47.5 Å². The van der Waals surface area contributed by atoms with Crippen LogP contribution in [0, 0.1) is 5.82 Å². The van der Waals surface area contributed by atoms with Gasteiger partial charge in [0.1, 0.15) is 52.6 Å². The molecule has 0 saturated carbocycles. The van der Waals surface area contributed by atoms with Crippen LogP contribution in [-0.2, 0) is 24.0 Å². The minimum Gasteiger partial charge on any atom is -0.497 e. The highest BCUT2D eigenvalue weighted by Gasteiger charge is 2.50. The lowest BCUT2D eigenvalue weighted by molar-refractivity contribution is -0.137. The second-order valence-electron chi connectivity index (χ2n) is 19.1. The Hall–Kier alpha value is -5.39. The number of carbonyl (C=O) groups excluding carboxylic acids is 1. The minimum atomic E-state index is -5.11. The maximum atomic E-state index is 17.8. The molecule has 3 aromatic carbocycles. The number of alkyl halides is 4. The molecular weight excluding hydrogens is 932 g/mol. The van der Waals surface area contributed by atoms with Gasteiger partial charge < -0.3 is 28.7 Å². The molecule has 0 spiro atoms. The van der Waals surface area contributed by atoms with Crippen molar-refractivity contribution in [3.05, 3.63) is 93.2 Å². The Morgan fingerprint density at radius 1 is 0.868 bits per heavy atom. The summed E-state index contributed by atoms with van der Waals surface area (Å²) in [5, 5.41) is -1.01. The van der Waals surface area contributed by atoms with Gasteiger partial charge in [0.25, 0.3) is 0 Å². The van der Waals surface area contributed by atoms with E-state index in [9.17, 15) is 9.18 Å². The molecule has 4 fully saturated rings. The quantitative estimate of drug-likeness (QED) is 0.112. The summed E-state index contributed by atoms with van der Waals surface area (Å²) in [5.41, 5.74) is -3.08. The van der Waals surface area contributed by atoms with Crippen molar-refractivity contribution >= 4 is 51.8 Å². The molecule has 0 N–H and O–H groups in total. The number of carbonyl (C=O) groups is 1. The Labute approximate surface area is 401 Å². The van der Waals surface area contributed by atoms with E-state index in [1.165, 1.54) is 20.3 Å². The Balaban J connectivity index is 1.17. The number of aromatic nitrogens is 3. The Bertz CT molecular complexity index is 2630. The molecule has 4 aliphatic heterocycles. The first kappa shape index (κ1) is 47.7. The van der Waals surface area contributed by atoms with E-state index in [1.807, 2.05) is 29.2 Å². The molecule has 2 aromatic heterocycles. The van der Waals surface area contributed by atoms with Crippen LogP contribution in [0.4, 0.5) is 38.4 Å². The predicted molar refractivity (Wildman–Crippen MR) is 249 cm³/mol. The molecule has 4 atom stereocenters. The molecule has 1 amide bonds. The van der Waals surface area contributed by atoms with Crippen molar-refractivity contribution in [3.63, 3.8) is 0 Å². The number of halogens is 7. The van der Waals surface area contributed by atoms with Crippen LogP contribution >= 0.6 is 23.2 Å². The number of piperazine rings is 1. The number of benzene rings is 3. The summed E-state index contributed by atoms with van der Waals surface area (Å²) in [4.78, 5) is 34.8. The van der Waals surface area contributed by atoms with Crippen LogP contribution in [0.25, 0.3) is 22.2 Å². The van der Waals surface area contributed by atoms with E-state index in [1.54, 1.807) is 54.8 Å². The molecule has 0 aliphatic carbocycles. The van der Waals surface area contributed by atoms with Crippen molar-refractivity contribution in [2.45, 2.75) is 102 Å². The topological polar surface area (TPSA) is 106 Å². The second kappa shape index (κ2) is 18.5. The third-order valence-corrected chi connectivity index (χ3v) is 13.9. The molecule has 12 nitrogen and oxygen atoms in total. The van der Waals surface area contributed by atoms with Crippen molar-refractivity contribution in [2.24, 2.45) is 0 Å². The van der Waals surface area contributed by atoms with E-state index in [4.69, 9.17) is 47.1 Å². The summed E-state index contributed by atoms with van der Waals surface area (Å²) in [6.45, 7) is 7.23. The lowest BCUT2D eigenvalue weighted by Gasteiger charge is -2.42. The number of fused-ring (bicyclic) bond motifs is 4. The van der Waals surface area contributed by atoms with Gasteiger partial charge in [0.05, 0.1) is 53.1 Å². The van der Waals surface area contributed by atoms with E-state index in [2.05, 4.69) is 14.9 Å². The summed E-state index contributed by atoms with van der Waals surface area (Å²) >= 11 is 13.6. The summed E-state index contributed by atoms with van der Waals surface area (Å²) < 4.78 is 101. The van der Waals surface area contributed by atoms with Crippen LogP contribution in [0.5, 0.6) is 17.5 Å². The molecule has 0 radical (unpaired) electrons. The molecule has 4 aliphatic rings. The van der Waals surface area contributed by atoms with Gasteiger partial charge in [-0.3, -0.25) is 9.80 Å². The Morgan fingerprint density at radius 2 is 1.49 bits per heavy atom. The molecule has 9 rings (SSSR count). The van der Waals surface area contributed by atoms with Crippen LogP contribution in [0.2, 0.25) is 10.0 Å². The lowest BCUT2D eigenvalue weighted by atomic mass is 9.95. The van der Waals surface area contributed by atoms with E-state index < -0.39 is 62.3 Å². The highest BCUT2D eigenvalue weighted by molar-refractivity contribution is 6.35. The van der Waals surface area contributed by atoms with Gasteiger partial charge in [-0.25, -0.2) is 18.6 Å². The number of rotatable bonds is 12. The molecule has 362 valence electrons. The number of hydrogen-bond donors (Lipinski definition) is 0. The highest BCUT2D eigenvalue weighted by Crippen LogP contribution is 2.48. The van der Waals surface area contributed by atoms with Gasteiger partial charge >= 0.3 is 18.3 Å². The smallest absolute Gasteiger partial charge is 0.419 e. The van der Waals surface area contributed by atoms with Crippen LogP contribution in [0.1, 0.15) is 69.6 Å². The van der Waals surface area contributed by atoms with Gasteiger partial charge in [-0.05, 0) is 101 Å². The summed E-state index contributed by atoms with van der Waals surface area (Å²) in [6.07, 6.45) is -3.49.